The van der Waals surface area contributed by atoms with Gasteiger partial charge in [0.1, 0.15) is 0 Å². The fourth-order valence-electron chi connectivity index (χ4n) is 3.17. The molecule has 0 aromatic carbocycles. The molecule has 0 radical (unpaired) electrons. The predicted molar refractivity (Wildman–Crippen MR) is 95.0 cm³/mol. The van der Waals surface area contributed by atoms with Crippen molar-refractivity contribution in [2.24, 2.45) is 11.8 Å². The first kappa shape index (κ1) is 20.2. The zero-order valence-corrected chi connectivity index (χ0v) is 16.1. The molecular formula is C18H40OSi. The molecule has 0 fully saturated rings. The van der Waals surface area contributed by atoms with E-state index in [0.717, 1.165) is 18.4 Å². The van der Waals surface area contributed by atoms with E-state index >= 15 is 0 Å². The fraction of sp³-hybridized carbons (Fsp3) is 1.00. The van der Waals surface area contributed by atoms with Gasteiger partial charge in [0.15, 0.2) is 9.04 Å². The van der Waals surface area contributed by atoms with E-state index in [2.05, 4.69) is 34.6 Å². The first-order valence-corrected chi connectivity index (χ1v) is 11.4. The van der Waals surface area contributed by atoms with Crippen LogP contribution in [-0.2, 0) is 4.43 Å². The third-order valence-corrected chi connectivity index (χ3v) is 7.87. The van der Waals surface area contributed by atoms with Crippen molar-refractivity contribution in [2.45, 2.75) is 98.1 Å². The lowest BCUT2D eigenvalue weighted by molar-refractivity contribution is 0.320. The van der Waals surface area contributed by atoms with Crippen LogP contribution in [0.25, 0.3) is 0 Å². The van der Waals surface area contributed by atoms with Gasteiger partial charge in [0.25, 0.3) is 0 Å². The first-order chi connectivity index (χ1) is 9.71. The maximum Gasteiger partial charge on any atom is 0.177 e. The van der Waals surface area contributed by atoms with Gasteiger partial charge in [-0.25, -0.2) is 0 Å². The maximum absolute atomic E-state index is 6.21. The van der Waals surface area contributed by atoms with Crippen LogP contribution in [0.3, 0.4) is 0 Å². The summed E-state index contributed by atoms with van der Waals surface area (Å²) in [6, 6.07) is 2.85. The molecule has 1 nitrogen and oxygen atoms in total. The minimum absolute atomic E-state index is 0.932. The summed E-state index contributed by atoms with van der Waals surface area (Å²) in [4.78, 5) is 0. The van der Waals surface area contributed by atoms with Gasteiger partial charge in [0.05, 0.1) is 0 Å². The van der Waals surface area contributed by atoms with Gasteiger partial charge in [-0.05, 0) is 30.8 Å². The molecule has 0 aliphatic rings. The lowest BCUT2D eigenvalue weighted by atomic mass is 10.0. The van der Waals surface area contributed by atoms with E-state index in [1.165, 1.54) is 63.5 Å². The van der Waals surface area contributed by atoms with Crippen LogP contribution in [0.15, 0.2) is 0 Å². The van der Waals surface area contributed by atoms with Crippen molar-refractivity contribution >= 4 is 9.04 Å². The van der Waals surface area contributed by atoms with Crippen LogP contribution in [0.1, 0.15) is 86.0 Å². The van der Waals surface area contributed by atoms with E-state index in [1.54, 1.807) is 0 Å². The highest BCUT2D eigenvalue weighted by Crippen LogP contribution is 2.26. The molecule has 0 aromatic heterocycles. The Kier molecular flexibility index (Phi) is 14.3. The van der Waals surface area contributed by atoms with Gasteiger partial charge in [-0.15, -0.1) is 0 Å². The number of hydrogen-bond donors (Lipinski definition) is 0. The molecule has 0 rings (SSSR count). The maximum atomic E-state index is 6.21. The van der Waals surface area contributed by atoms with Crippen LogP contribution < -0.4 is 0 Å². The second-order valence-corrected chi connectivity index (χ2v) is 8.90. The average molecular weight is 301 g/mol. The Morgan fingerprint density at radius 1 is 0.750 bits per heavy atom. The summed E-state index contributed by atoms with van der Waals surface area (Å²) in [5.74, 6) is 1.86. The van der Waals surface area contributed by atoms with Crippen molar-refractivity contribution in [3.05, 3.63) is 0 Å². The molecule has 0 amide bonds. The number of hydrogen-bond acceptors (Lipinski definition) is 1. The van der Waals surface area contributed by atoms with Crippen LogP contribution in [0.2, 0.25) is 12.1 Å². The minimum Gasteiger partial charge on any atom is -0.420 e. The minimum atomic E-state index is -0.970. The first-order valence-electron chi connectivity index (χ1n) is 9.33. The van der Waals surface area contributed by atoms with Gasteiger partial charge in [0, 0.05) is 6.61 Å². The smallest absolute Gasteiger partial charge is 0.177 e. The highest BCUT2D eigenvalue weighted by atomic mass is 28.3. The Balaban J connectivity index is 4.29. The summed E-state index contributed by atoms with van der Waals surface area (Å²) >= 11 is 0. The summed E-state index contributed by atoms with van der Waals surface area (Å²) in [7, 11) is -0.970. The molecule has 0 spiro atoms. The van der Waals surface area contributed by atoms with Crippen molar-refractivity contribution < 1.29 is 4.43 Å². The van der Waals surface area contributed by atoms with Crippen molar-refractivity contribution in [1.82, 2.24) is 0 Å². The van der Waals surface area contributed by atoms with Gasteiger partial charge in [-0.1, -0.05) is 79.1 Å². The quantitative estimate of drug-likeness (QED) is 0.348. The van der Waals surface area contributed by atoms with Crippen molar-refractivity contribution in [2.75, 3.05) is 6.61 Å². The molecule has 0 aliphatic heterocycles. The van der Waals surface area contributed by atoms with Gasteiger partial charge < -0.3 is 4.43 Å². The lowest BCUT2D eigenvalue weighted by Gasteiger charge is -2.25. The molecule has 0 saturated carbocycles. The predicted octanol–water partition coefficient (Wildman–Crippen LogP) is 6.18. The van der Waals surface area contributed by atoms with Crippen molar-refractivity contribution in [3.8, 4) is 0 Å². The van der Waals surface area contributed by atoms with E-state index in [1.807, 2.05) is 0 Å². The third-order valence-electron chi connectivity index (χ3n) is 4.68. The van der Waals surface area contributed by atoms with E-state index in [4.69, 9.17) is 4.43 Å². The van der Waals surface area contributed by atoms with Crippen LogP contribution in [0, 0.1) is 11.8 Å². The Labute approximate surface area is 130 Å². The zero-order valence-electron chi connectivity index (χ0n) is 14.9. The summed E-state index contributed by atoms with van der Waals surface area (Å²) in [6.45, 7) is 12.5. The fourth-order valence-corrected chi connectivity index (χ4v) is 6.74. The van der Waals surface area contributed by atoms with E-state index in [-0.39, 0.29) is 0 Å². The third kappa shape index (κ3) is 9.98. The Morgan fingerprint density at radius 3 is 1.50 bits per heavy atom. The summed E-state index contributed by atoms with van der Waals surface area (Å²) in [5.41, 5.74) is 0. The molecule has 20 heavy (non-hydrogen) atoms. The normalized spacial score (nSPS) is 16.1. The molecule has 0 saturated heterocycles. The van der Waals surface area contributed by atoms with Crippen LogP contribution in [0.4, 0.5) is 0 Å². The number of unbranched alkanes of at least 4 members (excludes halogenated alkanes) is 2. The van der Waals surface area contributed by atoms with Crippen LogP contribution >= 0.6 is 0 Å². The van der Waals surface area contributed by atoms with E-state index in [9.17, 15) is 0 Å². The summed E-state index contributed by atoms with van der Waals surface area (Å²) in [5, 5.41) is 0. The topological polar surface area (TPSA) is 9.23 Å². The summed E-state index contributed by atoms with van der Waals surface area (Å²) < 4.78 is 6.21. The van der Waals surface area contributed by atoms with Crippen LogP contribution in [-0.4, -0.2) is 15.6 Å². The molecule has 2 unspecified atom stereocenters. The molecule has 0 aliphatic carbocycles. The van der Waals surface area contributed by atoms with Gasteiger partial charge in [0.2, 0.25) is 0 Å². The average Bonchev–Trinajstić information content (AvgIpc) is 2.47. The molecule has 122 valence electrons. The lowest BCUT2D eigenvalue weighted by Crippen LogP contribution is -2.25. The standard InChI is InChI=1S/C18H40OSi/c1-6-11-13-17(8-3)15-20(19-10-5)16-18(9-4)14-12-7-2/h17-18,20H,6-16H2,1-5H3. The molecule has 2 heteroatoms. The van der Waals surface area contributed by atoms with Gasteiger partial charge in [-0.2, -0.15) is 0 Å². The monoisotopic (exact) mass is 300 g/mol. The Morgan fingerprint density at radius 2 is 1.20 bits per heavy atom. The largest absolute Gasteiger partial charge is 0.420 e. The SMILES string of the molecule is CCCCC(CC)C[SiH](CC(CC)CCCC)OCC. The second-order valence-electron chi connectivity index (χ2n) is 6.38. The summed E-state index contributed by atoms with van der Waals surface area (Å²) in [6.07, 6.45) is 11.0. The highest BCUT2D eigenvalue weighted by molar-refractivity contribution is 6.51. The van der Waals surface area contributed by atoms with Crippen molar-refractivity contribution in [3.63, 3.8) is 0 Å². The Bertz CT molecular complexity index is 178. The molecule has 0 aromatic rings. The number of rotatable bonds is 14. The second kappa shape index (κ2) is 14.1. The molecular weight excluding hydrogens is 260 g/mol. The van der Waals surface area contributed by atoms with Crippen LogP contribution in [0.5, 0.6) is 0 Å². The van der Waals surface area contributed by atoms with Crippen molar-refractivity contribution in [1.29, 1.82) is 0 Å². The zero-order chi connectivity index (χ0) is 15.2. The molecule has 2 atom stereocenters. The Hall–Kier alpha value is 0.177. The van der Waals surface area contributed by atoms with E-state index in [0.29, 0.717) is 0 Å². The van der Waals surface area contributed by atoms with Gasteiger partial charge in [-0.3, -0.25) is 0 Å². The highest BCUT2D eigenvalue weighted by Gasteiger charge is 2.21. The molecule has 0 bridgehead atoms. The molecule has 0 heterocycles. The van der Waals surface area contributed by atoms with Gasteiger partial charge >= 0.3 is 0 Å². The van der Waals surface area contributed by atoms with E-state index < -0.39 is 9.04 Å². The molecule has 0 N–H and O–H groups in total.